The van der Waals surface area contributed by atoms with Crippen molar-refractivity contribution >= 4 is 33.1 Å². The number of fused-ring (bicyclic) bond motifs is 4. The third kappa shape index (κ3) is 3.54. The molecule has 4 heteroatoms. The van der Waals surface area contributed by atoms with Crippen molar-refractivity contribution in [2.75, 3.05) is 0 Å². The standard InChI is InChI=1S/C36H23N3O/c1-3-12-24(13-4-1)26-17-11-18-27(25-14-5-2-6-15-25)34(26)36-37-29-19-8-9-20-30(29)39(36)33-23-22-32-35(38-33)28-16-7-10-21-31(28)40-32/h1-23H. The summed E-state index contributed by atoms with van der Waals surface area (Å²) >= 11 is 0. The van der Waals surface area contributed by atoms with Gasteiger partial charge in [0.05, 0.1) is 11.0 Å². The Morgan fingerprint density at radius 2 is 1.15 bits per heavy atom. The maximum absolute atomic E-state index is 6.09. The minimum atomic E-state index is 0.769. The van der Waals surface area contributed by atoms with Crippen molar-refractivity contribution in [1.29, 1.82) is 0 Å². The van der Waals surface area contributed by atoms with Crippen LogP contribution < -0.4 is 0 Å². The van der Waals surface area contributed by atoms with Crippen molar-refractivity contribution < 1.29 is 4.42 Å². The molecule has 0 amide bonds. The summed E-state index contributed by atoms with van der Waals surface area (Å²) in [7, 11) is 0. The summed E-state index contributed by atoms with van der Waals surface area (Å²) in [5.74, 6) is 1.64. The lowest BCUT2D eigenvalue weighted by atomic mass is 9.91. The Kier molecular flexibility index (Phi) is 5.10. The number of hydrogen-bond donors (Lipinski definition) is 0. The monoisotopic (exact) mass is 513 g/mol. The smallest absolute Gasteiger partial charge is 0.154 e. The number of rotatable bonds is 4. The molecule has 3 aromatic heterocycles. The lowest BCUT2D eigenvalue weighted by molar-refractivity contribution is 0.668. The van der Waals surface area contributed by atoms with Crippen LogP contribution in [0.25, 0.3) is 72.6 Å². The van der Waals surface area contributed by atoms with Crippen LogP contribution in [0.15, 0.2) is 144 Å². The van der Waals surface area contributed by atoms with Crippen LogP contribution in [0.4, 0.5) is 0 Å². The number of para-hydroxylation sites is 3. The molecule has 0 saturated carbocycles. The summed E-state index contributed by atoms with van der Waals surface area (Å²) in [6.07, 6.45) is 0. The molecule has 8 rings (SSSR count). The molecule has 0 spiro atoms. The van der Waals surface area contributed by atoms with Gasteiger partial charge in [-0.05, 0) is 58.7 Å². The van der Waals surface area contributed by atoms with Crippen molar-refractivity contribution in [3.05, 3.63) is 140 Å². The average molecular weight is 514 g/mol. The van der Waals surface area contributed by atoms with E-state index in [2.05, 4.69) is 95.6 Å². The Morgan fingerprint density at radius 3 is 1.90 bits per heavy atom. The van der Waals surface area contributed by atoms with Gasteiger partial charge in [0.2, 0.25) is 0 Å². The molecule has 4 nitrogen and oxygen atoms in total. The van der Waals surface area contributed by atoms with Crippen molar-refractivity contribution in [2.24, 2.45) is 0 Å². The Hall–Kier alpha value is -5.48. The zero-order chi connectivity index (χ0) is 26.5. The van der Waals surface area contributed by atoms with E-state index in [9.17, 15) is 0 Å². The maximum Gasteiger partial charge on any atom is 0.154 e. The van der Waals surface area contributed by atoms with Crippen molar-refractivity contribution in [3.63, 3.8) is 0 Å². The highest BCUT2D eigenvalue weighted by atomic mass is 16.3. The number of furan rings is 1. The Morgan fingerprint density at radius 1 is 0.500 bits per heavy atom. The van der Waals surface area contributed by atoms with Gasteiger partial charge in [-0.3, -0.25) is 4.57 Å². The molecule has 0 aliphatic carbocycles. The molecule has 0 aliphatic heterocycles. The summed E-state index contributed by atoms with van der Waals surface area (Å²) in [5.41, 5.74) is 9.94. The SMILES string of the molecule is c1ccc(-c2cccc(-c3ccccc3)c2-c2nc3ccccc3n2-c2ccc3oc4ccccc4c3n2)cc1. The van der Waals surface area contributed by atoms with Gasteiger partial charge in [0.15, 0.2) is 5.58 Å². The first-order valence-electron chi connectivity index (χ1n) is 13.4. The van der Waals surface area contributed by atoms with Crippen LogP contribution in [-0.2, 0) is 0 Å². The van der Waals surface area contributed by atoms with E-state index in [1.165, 1.54) is 0 Å². The predicted molar refractivity (Wildman–Crippen MR) is 162 cm³/mol. The highest BCUT2D eigenvalue weighted by Gasteiger charge is 2.22. The fourth-order valence-corrected chi connectivity index (χ4v) is 5.64. The van der Waals surface area contributed by atoms with Gasteiger partial charge >= 0.3 is 0 Å². The van der Waals surface area contributed by atoms with E-state index in [4.69, 9.17) is 14.4 Å². The second kappa shape index (κ2) is 9.07. The fourth-order valence-electron chi connectivity index (χ4n) is 5.64. The largest absolute Gasteiger partial charge is 0.454 e. The minimum Gasteiger partial charge on any atom is -0.454 e. The molecular weight excluding hydrogens is 490 g/mol. The van der Waals surface area contributed by atoms with E-state index in [0.717, 1.165) is 72.6 Å². The van der Waals surface area contributed by atoms with E-state index < -0.39 is 0 Å². The number of pyridine rings is 1. The molecule has 0 aliphatic rings. The summed E-state index contributed by atoms with van der Waals surface area (Å²) in [6.45, 7) is 0. The molecule has 40 heavy (non-hydrogen) atoms. The zero-order valence-electron chi connectivity index (χ0n) is 21.5. The zero-order valence-corrected chi connectivity index (χ0v) is 21.5. The predicted octanol–water partition coefficient (Wildman–Crippen LogP) is 9.32. The van der Waals surface area contributed by atoms with Crippen molar-refractivity contribution in [1.82, 2.24) is 14.5 Å². The van der Waals surface area contributed by atoms with Gasteiger partial charge in [-0.1, -0.05) is 103 Å². The van der Waals surface area contributed by atoms with Crippen molar-refractivity contribution in [3.8, 4) is 39.5 Å². The highest BCUT2D eigenvalue weighted by molar-refractivity contribution is 6.03. The van der Waals surface area contributed by atoms with Gasteiger partial charge in [-0.15, -0.1) is 0 Å². The van der Waals surface area contributed by atoms with Gasteiger partial charge in [-0.2, -0.15) is 0 Å². The number of hydrogen-bond acceptors (Lipinski definition) is 3. The second-order valence-electron chi connectivity index (χ2n) is 9.83. The van der Waals surface area contributed by atoms with Gasteiger partial charge in [-0.25, -0.2) is 9.97 Å². The summed E-state index contributed by atoms with van der Waals surface area (Å²) in [5, 5.41) is 1.000. The molecule has 8 aromatic rings. The Labute approximate surface area is 230 Å². The normalized spacial score (nSPS) is 11.5. The summed E-state index contributed by atoms with van der Waals surface area (Å²) < 4.78 is 8.28. The Balaban J connectivity index is 1.48. The molecule has 0 unspecified atom stereocenters. The van der Waals surface area contributed by atoms with E-state index in [1.807, 2.05) is 48.5 Å². The van der Waals surface area contributed by atoms with Crippen LogP contribution in [0.3, 0.4) is 0 Å². The molecule has 3 heterocycles. The maximum atomic E-state index is 6.09. The van der Waals surface area contributed by atoms with Gasteiger partial charge in [0, 0.05) is 10.9 Å². The first kappa shape index (κ1) is 22.5. The van der Waals surface area contributed by atoms with Gasteiger partial charge < -0.3 is 4.42 Å². The van der Waals surface area contributed by atoms with Crippen LogP contribution in [0, 0.1) is 0 Å². The van der Waals surface area contributed by atoms with Gasteiger partial charge in [0.25, 0.3) is 0 Å². The molecule has 0 bridgehead atoms. The van der Waals surface area contributed by atoms with Crippen LogP contribution in [0.5, 0.6) is 0 Å². The second-order valence-corrected chi connectivity index (χ2v) is 9.83. The Bertz CT molecular complexity index is 2100. The van der Waals surface area contributed by atoms with Crippen LogP contribution in [0.1, 0.15) is 0 Å². The molecule has 5 aromatic carbocycles. The van der Waals surface area contributed by atoms with Crippen LogP contribution in [-0.4, -0.2) is 14.5 Å². The number of imidazole rings is 1. The number of aromatic nitrogens is 3. The van der Waals surface area contributed by atoms with Crippen LogP contribution in [0.2, 0.25) is 0 Å². The third-order valence-electron chi connectivity index (χ3n) is 7.45. The molecule has 0 saturated heterocycles. The molecule has 188 valence electrons. The fraction of sp³-hybridized carbons (Fsp3) is 0. The quantitative estimate of drug-likeness (QED) is 0.235. The third-order valence-corrected chi connectivity index (χ3v) is 7.45. The van der Waals surface area contributed by atoms with E-state index in [0.29, 0.717) is 0 Å². The van der Waals surface area contributed by atoms with E-state index in [-0.39, 0.29) is 0 Å². The number of nitrogens with zero attached hydrogens (tertiary/aromatic N) is 3. The average Bonchev–Trinajstić information content (AvgIpc) is 3.60. The molecule has 0 fully saturated rings. The van der Waals surface area contributed by atoms with E-state index >= 15 is 0 Å². The number of benzene rings is 5. The molecule has 0 N–H and O–H groups in total. The topological polar surface area (TPSA) is 43.9 Å². The van der Waals surface area contributed by atoms with Gasteiger partial charge in [0.1, 0.15) is 22.7 Å². The first-order valence-corrected chi connectivity index (χ1v) is 13.4. The lowest BCUT2D eigenvalue weighted by Gasteiger charge is -2.17. The first-order chi connectivity index (χ1) is 19.8. The van der Waals surface area contributed by atoms with Crippen molar-refractivity contribution in [2.45, 2.75) is 0 Å². The summed E-state index contributed by atoms with van der Waals surface area (Å²) in [4.78, 5) is 10.4. The minimum absolute atomic E-state index is 0.769. The highest BCUT2D eigenvalue weighted by Crippen LogP contribution is 2.42. The molecule has 0 atom stereocenters. The van der Waals surface area contributed by atoms with E-state index in [1.54, 1.807) is 0 Å². The molecule has 0 radical (unpaired) electrons. The summed E-state index contributed by atoms with van der Waals surface area (Å²) in [6, 6.07) is 47.9. The molecular formula is C36H23N3O. The van der Waals surface area contributed by atoms with Crippen LogP contribution >= 0.6 is 0 Å². The lowest BCUT2D eigenvalue weighted by Crippen LogP contribution is -2.02.